The standard InChI is InChI=1S/C16H19F9O6/c1-4-12(2,3)11(28)31-8-30-10(27)7-9(26)29-6-5-13(17,18)14(19,20)15(21,22)16(23,24)25/h4-8H2,1-3H3. The lowest BCUT2D eigenvalue weighted by molar-refractivity contribution is -0.397. The summed E-state index contributed by atoms with van der Waals surface area (Å²) in [6.45, 7) is 2.11. The number of rotatable bonds is 11. The van der Waals surface area contributed by atoms with Gasteiger partial charge in [0, 0.05) is 0 Å². The topological polar surface area (TPSA) is 78.9 Å². The number of halogens is 9. The van der Waals surface area contributed by atoms with Crippen molar-refractivity contribution in [3.8, 4) is 0 Å². The lowest BCUT2D eigenvalue weighted by Crippen LogP contribution is -2.61. The van der Waals surface area contributed by atoms with Crippen LogP contribution in [-0.4, -0.2) is 55.3 Å². The zero-order valence-electron chi connectivity index (χ0n) is 16.4. The minimum atomic E-state index is -7.05. The molecule has 0 radical (unpaired) electrons. The van der Waals surface area contributed by atoms with Gasteiger partial charge in [-0.2, -0.15) is 39.5 Å². The van der Waals surface area contributed by atoms with Crippen LogP contribution < -0.4 is 0 Å². The van der Waals surface area contributed by atoms with Gasteiger partial charge in [0.15, 0.2) is 0 Å². The second-order valence-corrected chi connectivity index (χ2v) is 6.80. The Morgan fingerprint density at radius 1 is 0.742 bits per heavy atom. The van der Waals surface area contributed by atoms with Crippen molar-refractivity contribution in [2.24, 2.45) is 5.41 Å². The van der Waals surface area contributed by atoms with Crippen LogP contribution in [0.2, 0.25) is 0 Å². The molecule has 0 rings (SSSR count). The molecule has 0 amide bonds. The molecular weight excluding hydrogens is 459 g/mol. The van der Waals surface area contributed by atoms with E-state index in [1.807, 2.05) is 0 Å². The molecule has 6 nitrogen and oxygen atoms in total. The molecule has 0 fully saturated rings. The molecule has 182 valence electrons. The number of hydrogen-bond acceptors (Lipinski definition) is 6. The molecule has 0 N–H and O–H groups in total. The first-order valence-electron chi connectivity index (χ1n) is 8.41. The summed E-state index contributed by atoms with van der Waals surface area (Å²) in [7, 11) is 0. The Labute approximate surface area is 170 Å². The van der Waals surface area contributed by atoms with Crippen molar-refractivity contribution in [3.63, 3.8) is 0 Å². The van der Waals surface area contributed by atoms with Crippen LogP contribution in [-0.2, 0) is 28.6 Å². The molecule has 0 spiro atoms. The van der Waals surface area contributed by atoms with Crippen LogP contribution in [0.3, 0.4) is 0 Å². The maximum atomic E-state index is 13.2. The van der Waals surface area contributed by atoms with Crippen molar-refractivity contribution >= 4 is 17.9 Å². The van der Waals surface area contributed by atoms with Gasteiger partial charge in [0.1, 0.15) is 6.42 Å². The first-order chi connectivity index (χ1) is 13.7. The highest BCUT2D eigenvalue weighted by Crippen LogP contribution is 2.53. The first kappa shape index (κ1) is 28.8. The third kappa shape index (κ3) is 7.16. The highest BCUT2D eigenvalue weighted by Gasteiger charge is 2.81. The summed E-state index contributed by atoms with van der Waals surface area (Å²) >= 11 is 0. The van der Waals surface area contributed by atoms with Crippen LogP contribution >= 0.6 is 0 Å². The summed E-state index contributed by atoms with van der Waals surface area (Å²) in [5.74, 6) is -23.6. The van der Waals surface area contributed by atoms with Crippen molar-refractivity contribution < 1.29 is 68.1 Å². The van der Waals surface area contributed by atoms with E-state index >= 15 is 0 Å². The van der Waals surface area contributed by atoms with Crippen LogP contribution in [0.5, 0.6) is 0 Å². The zero-order chi connectivity index (χ0) is 24.9. The molecular formula is C16H19F9O6. The molecule has 0 aliphatic heterocycles. The highest BCUT2D eigenvalue weighted by molar-refractivity contribution is 5.91. The Morgan fingerprint density at radius 3 is 1.68 bits per heavy atom. The molecule has 0 unspecified atom stereocenters. The van der Waals surface area contributed by atoms with Gasteiger partial charge in [-0.15, -0.1) is 0 Å². The Morgan fingerprint density at radius 2 is 1.23 bits per heavy atom. The van der Waals surface area contributed by atoms with Crippen molar-refractivity contribution in [2.45, 2.75) is 64.0 Å². The van der Waals surface area contributed by atoms with Gasteiger partial charge < -0.3 is 14.2 Å². The van der Waals surface area contributed by atoms with Gasteiger partial charge in [-0.05, 0) is 20.3 Å². The Kier molecular flexibility index (Phi) is 9.22. The molecule has 15 heteroatoms. The summed E-state index contributed by atoms with van der Waals surface area (Å²) in [6, 6.07) is 0. The lowest BCUT2D eigenvalue weighted by Gasteiger charge is -2.33. The van der Waals surface area contributed by atoms with Gasteiger partial charge in [0.2, 0.25) is 6.79 Å². The van der Waals surface area contributed by atoms with Gasteiger partial charge in [0.05, 0.1) is 18.4 Å². The quantitative estimate of drug-likeness (QED) is 0.191. The summed E-state index contributed by atoms with van der Waals surface area (Å²) < 4.78 is 127. The van der Waals surface area contributed by atoms with Gasteiger partial charge in [-0.25, -0.2) is 0 Å². The zero-order valence-corrected chi connectivity index (χ0v) is 16.4. The fraction of sp³-hybridized carbons (Fsp3) is 0.812. The van der Waals surface area contributed by atoms with Crippen molar-refractivity contribution in [2.75, 3.05) is 13.4 Å². The molecule has 0 saturated heterocycles. The number of ether oxygens (including phenoxy) is 3. The summed E-state index contributed by atoms with van der Waals surface area (Å²) in [5.41, 5.74) is -0.901. The third-order valence-corrected chi connectivity index (χ3v) is 4.02. The smallest absolute Gasteiger partial charge is 0.460 e. The normalized spacial score (nSPS) is 13.5. The molecule has 0 aromatic heterocycles. The van der Waals surface area contributed by atoms with E-state index in [1.165, 1.54) is 13.8 Å². The number of carbonyl (C=O) groups is 3. The Hall–Kier alpha value is -2.22. The Bertz CT molecular complexity index is 658. The molecule has 0 aliphatic rings. The second-order valence-electron chi connectivity index (χ2n) is 6.80. The maximum Gasteiger partial charge on any atom is 0.460 e. The number of alkyl halides is 9. The van der Waals surface area contributed by atoms with Crippen molar-refractivity contribution in [3.05, 3.63) is 0 Å². The van der Waals surface area contributed by atoms with Gasteiger partial charge in [-0.1, -0.05) is 6.92 Å². The van der Waals surface area contributed by atoms with Crippen LogP contribution in [0.25, 0.3) is 0 Å². The third-order valence-electron chi connectivity index (χ3n) is 4.02. The molecule has 31 heavy (non-hydrogen) atoms. The van der Waals surface area contributed by atoms with Crippen LogP contribution in [0.4, 0.5) is 39.5 Å². The van der Waals surface area contributed by atoms with E-state index in [4.69, 9.17) is 0 Å². The van der Waals surface area contributed by atoms with E-state index < -0.39 is 73.5 Å². The van der Waals surface area contributed by atoms with E-state index in [2.05, 4.69) is 14.2 Å². The van der Waals surface area contributed by atoms with Crippen LogP contribution in [0.15, 0.2) is 0 Å². The van der Waals surface area contributed by atoms with Gasteiger partial charge >= 0.3 is 41.9 Å². The summed E-state index contributed by atoms with van der Waals surface area (Å²) in [4.78, 5) is 34.2. The predicted octanol–water partition coefficient (Wildman–Crippen LogP) is 4.26. The highest BCUT2D eigenvalue weighted by atomic mass is 19.4. The largest absolute Gasteiger partial charge is 0.465 e. The van der Waals surface area contributed by atoms with Crippen LogP contribution in [0, 0.1) is 5.41 Å². The average Bonchev–Trinajstić information content (AvgIpc) is 2.59. The van der Waals surface area contributed by atoms with Gasteiger partial charge in [-0.3, -0.25) is 14.4 Å². The lowest BCUT2D eigenvalue weighted by atomic mass is 9.91. The molecule has 0 atom stereocenters. The van der Waals surface area contributed by atoms with Crippen molar-refractivity contribution in [1.82, 2.24) is 0 Å². The summed E-state index contributed by atoms with van der Waals surface area (Å²) in [6.07, 6.45) is -10.2. The predicted molar refractivity (Wildman–Crippen MR) is 82.2 cm³/mol. The van der Waals surface area contributed by atoms with E-state index in [0.717, 1.165) is 0 Å². The number of hydrogen-bond donors (Lipinski definition) is 0. The van der Waals surface area contributed by atoms with Crippen LogP contribution in [0.1, 0.15) is 40.0 Å². The van der Waals surface area contributed by atoms with E-state index in [1.54, 1.807) is 6.92 Å². The molecule has 0 heterocycles. The Balaban J connectivity index is 4.59. The van der Waals surface area contributed by atoms with Gasteiger partial charge in [0.25, 0.3) is 0 Å². The number of esters is 3. The average molecular weight is 478 g/mol. The fourth-order valence-electron chi connectivity index (χ4n) is 1.57. The molecule has 0 aromatic rings. The van der Waals surface area contributed by atoms with Crippen molar-refractivity contribution in [1.29, 1.82) is 0 Å². The maximum absolute atomic E-state index is 13.2. The minimum absolute atomic E-state index is 0.380. The monoisotopic (exact) mass is 478 g/mol. The fourth-order valence-corrected chi connectivity index (χ4v) is 1.57. The molecule has 0 saturated carbocycles. The van der Waals surface area contributed by atoms with E-state index in [-0.39, 0.29) is 0 Å². The molecule has 0 aliphatic carbocycles. The minimum Gasteiger partial charge on any atom is -0.465 e. The second kappa shape index (κ2) is 9.94. The van der Waals surface area contributed by atoms with E-state index in [0.29, 0.717) is 6.42 Å². The number of carbonyl (C=O) groups excluding carboxylic acids is 3. The SMILES string of the molecule is CCC(C)(C)C(=O)OCOC(=O)CC(=O)OCCC(F)(F)C(F)(F)C(F)(F)C(F)(F)F. The first-order valence-corrected chi connectivity index (χ1v) is 8.41. The molecule has 0 aromatic carbocycles. The molecule has 0 bridgehead atoms. The van der Waals surface area contributed by atoms with E-state index in [9.17, 15) is 53.9 Å². The summed E-state index contributed by atoms with van der Waals surface area (Å²) in [5, 5.41) is 0.